The quantitative estimate of drug-likeness (QED) is 0.653. The first kappa shape index (κ1) is 17.9. The number of halogens is 2. The Labute approximate surface area is 138 Å². The molecule has 0 unspecified atom stereocenters. The predicted octanol–water partition coefficient (Wildman–Crippen LogP) is 3.65. The molecule has 2 N–H and O–H groups in total. The van der Waals surface area contributed by atoms with E-state index in [1.807, 2.05) is 32.9 Å². The number of nitrogens with one attached hydrogen (secondary N) is 2. The van der Waals surface area contributed by atoms with Crippen molar-refractivity contribution < 1.29 is 8.42 Å². The summed E-state index contributed by atoms with van der Waals surface area (Å²) in [7, 11) is -3.34. The molecule has 0 aliphatic carbocycles. The minimum absolute atomic E-state index is 0.0967. The summed E-state index contributed by atoms with van der Waals surface area (Å²) >= 11 is 6.76. The van der Waals surface area contributed by atoms with Gasteiger partial charge in [-0.15, -0.1) is 0 Å². The van der Waals surface area contributed by atoms with Crippen LogP contribution in [-0.4, -0.2) is 26.8 Å². The third-order valence-electron chi connectivity index (χ3n) is 2.59. The Bertz CT molecular complexity index is 536. The maximum Gasteiger partial charge on any atom is 0.232 e. The molecule has 0 spiro atoms. The van der Waals surface area contributed by atoms with Crippen molar-refractivity contribution in [3.05, 3.63) is 26.6 Å². The topological polar surface area (TPSA) is 58.2 Å². The highest BCUT2D eigenvalue weighted by molar-refractivity contribution is 9.11. The van der Waals surface area contributed by atoms with Crippen molar-refractivity contribution in [1.29, 1.82) is 0 Å². The molecule has 0 aliphatic heterocycles. The van der Waals surface area contributed by atoms with Gasteiger partial charge in [0.2, 0.25) is 10.0 Å². The van der Waals surface area contributed by atoms with Gasteiger partial charge in [0.1, 0.15) is 0 Å². The highest BCUT2D eigenvalue weighted by Gasteiger charge is 2.15. The van der Waals surface area contributed by atoms with Crippen molar-refractivity contribution in [2.45, 2.75) is 33.2 Å². The summed E-state index contributed by atoms with van der Waals surface area (Å²) in [5.74, 6) is 0.0967. The van der Waals surface area contributed by atoms with Gasteiger partial charge in [-0.3, -0.25) is 4.72 Å². The van der Waals surface area contributed by atoms with Crippen LogP contribution in [0.5, 0.6) is 0 Å². The van der Waals surface area contributed by atoms with E-state index in [4.69, 9.17) is 0 Å². The average Bonchev–Trinajstić information content (AvgIpc) is 2.29. The molecule has 7 heteroatoms. The van der Waals surface area contributed by atoms with Crippen LogP contribution >= 0.6 is 31.9 Å². The van der Waals surface area contributed by atoms with Gasteiger partial charge in [0.25, 0.3) is 0 Å². The molecular weight excluding hydrogens is 408 g/mol. The largest absolute Gasteiger partial charge is 0.314 e. The Morgan fingerprint density at radius 1 is 1.20 bits per heavy atom. The number of hydrogen-bond acceptors (Lipinski definition) is 3. The van der Waals surface area contributed by atoms with E-state index >= 15 is 0 Å². The van der Waals surface area contributed by atoms with Crippen molar-refractivity contribution in [1.82, 2.24) is 5.32 Å². The van der Waals surface area contributed by atoms with Crippen LogP contribution in [0.4, 0.5) is 5.69 Å². The second-order valence-corrected chi connectivity index (χ2v) is 8.54. The molecule has 0 heterocycles. The SMILES string of the molecule is Cc1cc(Br)c(NS(=O)(=O)CCCNC(C)C)c(Br)c1. The van der Waals surface area contributed by atoms with Crippen LogP contribution in [0.25, 0.3) is 0 Å². The van der Waals surface area contributed by atoms with Gasteiger partial charge in [-0.2, -0.15) is 0 Å². The molecule has 0 aliphatic rings. The zero-order chi connectivity index (χ0) is 15.3. The van der Waals surface area contributed by atoms with Crippen LogP contribution in [0.3, 0.4) is 0 Å². The second kappa shape index (κ2) is 7.77. The van der Waals surface area contributed by atoms with E-state index in [1.165, 1.54) is 0 Å². The molecule has 0 fully saturated rings. The van der Waals surface area contributed by atoms with Crippen LogP contribution in [0, 0.1) is 6.92 Å². The predicted molar refractivity (Wildman–Crippen MR) is 91.7 cm³/mol. The lowest BCUT2D eigenvalue weighted by Gasteiger charge is -2.13. The highest BCUT2D eigenvalue weighted by Crippen LogP contribution is 2.33. The molecule has 0 saturated heterocycles. The number of rotatable bonds is 7. The normalized spacial score (nSPS) is 11.9. The third-order valence-corrected chi connectivity index (χ3v) is 5.18. The molecule has 0 aromatic heterocycles. The minimum Gasteiger partial charge on any atom is -0.314 e. The van der Waals surface area contributed by atoms with Crippen molar-refractivity contribution in [3.63, 3.8) is 0 Å². The maximum atomic E-state index is 12.1. The Morgan fingerprint density at radius 3 is 2.25 bits per heavy atom. The lowest BCUT2D eigenvalue weighted by Crippen LogP contribution is -2.26. The molecule has 20 heavy (non-hydrogen) atoms. The van der Waals surface area contributed by atoms with E-state index in [9.17, 15) is 8.42 Å². The van der Waals surface area contributed by atoms with Crippen molar-refractivity contribution in [2.75, 3.05) is 17.0 Å². The van der Waals surface area contributed by atoms with Gasteiger partial charge in [0.05, 0.1) is 11.4 Å². The summed E-state index contributed by atoms with van der Waals surface area (Å²) in [5, 5.41) is 3.20. The lowest BCUT2D eigenvalue weighted by molar-refractivity contribution is 0.571. The van der Waals surface area contributed by atoms with Gasteiger partial charge in [0.15, 0.2) is 0 Å². The first-order valence-electron chi connectivity index (χ1n) is 6.41. The van der Waals surface area contributed by atoms with Gasteiger partial charge in [0, 0.05) is 15.0 Å². The van der Waals surface area contributed by atoms with E-state index in [0.717, 1.165) is 14.5 Å². The first-order valence-corrected chi connectivity index (χ1v) is 9.64. The monoisotopic (exact) mass is 426 g/mol. The van der Waals surface area contributed by atoms with Crippen LogP contribution in [0.1, 0.15) is 25.8 Å². The fourth-order valence-electron chi connectivity index (χ4n) is 1.66. The molecule has 0 atom stereocenters. The van der Waals surface area contributed by atoms with E-state index in [1.54, 1.807) is 0 Å². The first-order chi connectivity index (χ1) is 9.21. The Balaban J connectivity index is 2.67. The van der Waals surface area contributed by atoms with Crippen LogP contribution in [-0.2, 0) is 10.0 Å². The zero-order valence-corrected chi connectivity index (χ0v) is 15.8. The summed E-state index contributed by atoms with van der Waals surface area (Å²) in [6.07, 6.45) is 0.578. The van der Waals surface area contributed by atoms with Gasteiger partial charge < -0.3 is 5.32 Å². The fourth-order valence-corrected chi connectivity index (χ4v) is 4.69. The van der Waals surface area contributed by atoms with Crippen LogP contribution in [0.2, 0.25) is 0 Å². The summed E-state index contributed by atoms with van der Waals surface area (Å²) in [5.41, 5.74) is 1.60. The van der Waals surface area contributed by atoms with Crippen molar-refractivity contribution >= 4 is 47.6 Å². The highest BCUT2D eigenvalue weighted by atomic mass is 79.9. The van der Waals surface area contributed by atoms with Crippen LogP contribution < -0.4 is 10.0 Å². The number of sulfonamides is 1. The molecule has 114 valence electrons. The molecule has 1 aromatic carbocycles. The third kappa shape index (κ3) is 6.11. The summed E-state index contributed by atoms with van der Waals surface area (Å²) in [6, 6.07) is 4.12. The number of benzene rings is 1. The molecular formula is C13H20Br2N2O2S. The lowest BCUT2D eigenvalue weighted by atomic mass is 10.2. The Kier molecular flexibility index (Phi) is 6.97. The molecule has 0 amide bonds. The molecule has 1 rings (SSSR count). The minimum atomic E-state index is -3.34. The smallest absolute Gasteiger partial charge is 0.232 e. The molecule has 1 aromatic rings. The molecule has 0 saturated carbocycles. The maximum absolute atomic E-state index is 12.1. The van der Waals surface area contributed by atoms with E-state index in [-0.39, 0.29) is 5.75 Å². The zero-order valence-electron chi connectivity index (χ0n) is 11.8. The van der Waals surface area contributed by atoms with Crippen molar-refractivity contribution in [2.24, 2.45) is 0 Å². The average molecular weight is 428 g/mol. The van der Waals surface area contributed by atoms with E-state index in [2.05, 4.69) is 41.9 Å². The summed E-state index contributed by atoms with van der Waals surface area (Å²) < 4.78 is 28.2. The fraction of sp³-hybridized carbons (Fsp3) is 0.538. The Hall–Kier alpha value is -0.110. The van der Waals surface area contributed by atoms with Gasteiger partial charge >= 0.3 is 0 Å². The Morgan fingerprint density at radius 2 is 1.75 bits per heavy atom. The second-order valence-electron chi connectivity index (χ2n) is 4.99. The standard InChI is InChI=1S/C13H20Br2N2O2S/c1-9(2)16-5-4-6-20(18,19)17-13-11(14)7-10(3)8-12(13)15/h7-9,16-17H,4-6H2,1-3H3. The molecule has 4 nitrogen and oxygen atoms in total. The number of anilines is 1. The molecule has 0 radical (unpaired) electrons. The van der Waals surface area contributed by atoms with Gasteiger partial charge in [-0.05, 0) is 69.4 Å². The van der Waals surface area contributed by atoms with Gasteiger partial charge in [-0.25, -0.2) is 8.42 Å². The number of aryl methyl sites for hydroxylation is 1. The van der Waals surface area contributed by atoms with E-state index in [0.29, 0.717) is 24.7 Å². The summed E-state index contributed by atoms with van der Waals surface area (Å²) in [4.78, 5) is 0. The van der Waals surface area contributed by atoms with Crippen molar-refractivity contribution in [3.8, 4) is 0 Å². The van der Waals surface area contributed by atoms with E-state index < -0.39 is 10.0 Å². The summed E-state index contributed by atoms with van der Waals surface area (Å²) in [6.45, 7) is 6.71. The van der Waals surface area contributed by atoms with Gasteiger partial charge in [-0.1, -0.05) is 13.8 Å². The molecule has 0 bridgehead atoms. The van der Waals surface area contributed by atoms with Crippen LogP contribution in [0.15, 0.2) is 21.1 Å². The number of hydrogen-bond donors (Lipinski definition) is 2.